The Bertz CT molecular complexity index is 1940. The zero-order valence-electron chi connectivity index (χ0n) is 25.5. The lowest BCUT2D eigenvalue weighted by atomic mass is 10.00. The van der Waals surface area contributed by atoms with Gasteiger partial charge in [0.25, 0.3) is 0 Å². The number of ether oxygens (including phenoxy) is 3. The topological polar surface area (TPSA) is 107 Å². The first kappa shape index (κ1) is 30.2. The summed E-state index contributed by atoms with van der Waals surface area (Å²) in [5.41, 5.74) is 5.82. The number of benzene rings is 5. The third-order valence-electron chi connectivity index (χ3n) is 8.05. The minimum atomic E-state index is -0.673. The maximum atomic E-state index is 12.9. The number of nitrogens with one attached hydrogen (secondary N) is 2. The summed E-state index contributed by atoms with van der Waals surface area (Å²) in [7, 11) is 0. The van der Waals surface area contributed by atoms with Crippen molar-refractivity contribution in [1.29, 1.82) is 0 Å². The molecule has 1 fully saturated rings. The van der Waals surface area contributed by atoms with E-state index < -0.39 is 6.29 Å². The fourth-order valence-electron chi connectivity index (χ4n) is 5.70. The number of aliphatic hydroxyl groups is 1. The molecular formula is C38H34N4O5. The molecule has 1 aliphatic rings. The highest BCUT2D eigenvalue weighted by Gasteiger charge is 2.33. The minimum absolute atomic E-state index is 0.0186. The van der Waals surface area contributed by atoms with E-state index in [0.29, 0.717) is 30.1 Å². The first-order valence-electron chi connectivity index (χ1n) is 15.5. The summed E-state index contributed by atoms with van der Waals surface area (Å²) in [5.74, 6) is 1.41. The molecule has 1 aliphatic heterocycles. The van der Waals surface area contributed by atoms with Gasteiger partial charge in [0.05, 0.1) is 42.7 Å². The molecule has 47 heavy (non-hydrogen) atoms. The summed E-state index contributed by atoms with van der Waals surface area (Å²) in [6.45, 7) is 0.580. The quantitative estimate of drug-likeness (QED) is 0.149. The molecule has 0 aliphatic carbocycles. The zero-order chi connectivity index (χ0) is 32.0. The van der Waals surface area contributed by atoms with Crippen LogP contribution in [0.5, 0.6) is 11.5 Å². The number of anilines is 2. The van der Waals surface area contributed by atoms with Crippen LogP contribution in [0.15, 0.2) is 134 Å². The van der Waals surface area contributed by atoms with E-state index in [-0.39, 0.29) is 24.8 Å². The van der Waals surface area contributed by atoms with Gasteiger partial charge in [-0.1, -0.05) is 66.7 Å². The smallest absolute Gasteiger partial charge is 0.323 e. The van der Waals surface area contributed by atoms with E-state index in [0.717, 1.165) is 33.5 Å². The molecule has 3 N–H and O–H groups in total. The Morgan fingerprint density at radius 3 is 2.34 bits per heavy atom. The predicted octanol–water partition coefficient (Wildman–Crippen LogP) is 8.21. The average Bonchev–Trinajstić information content (AvgIpc) is 3.52. The lowest BCUT2D eigenvalue weighted by molar-refractivity contribution is -0.252. The number of nitrogens with zero attached hydrogens (tertiary/aromatic N) is 2. The van der Waals surface area contributed by atoms with Gasteiger partial charge in [-0.25, -0.2) is 9.78 Å². The number of aromatic nitrogens is 2. The number of urea groups is 1. The fraction of sp³-hybridized carbons (Fsp3) is 0.158. The van der Waals surface area contributed by atoms with Crippen LogP contribution >= 0.6 is 0 Å². The average molecular weight is 627 g/mol. The van der Waals surface area contributed by atoms with E-state index in [1.165, 1.54) is 0 Å². The summed E-state index contributed by atoms with van der Waals surface area (Å²) >= 11 is 0. The second-order valence-corrected chi connectivity index (χ2v) is 11.4. The molecule has 2 amide bonds. The number of imidazole rings is 1. The van der Waals surface area contributed by atoms with Crippen LogP contribution in [0, 0.1) is 0 Å². The maximum absolute atomic E-state index is 12.9. The van der Waals surface area contributed by atoms with Crippen LogP contribution in [0.1, 0.15) is 35.5 Å². The molecule has 1 aromatic heterocycles. The van der Waals surface area contributed by atoms with Gasteiger partial charge in [-0.15, -0.1) is 0 Å². The Labute approximate surface area is 272 Å². The van der Waals surface area contributed by atoms with Gasteiger partial charge in [0.15, 0.2) is 6.29 Å². The lowest BCUT2D eigenvalue weighted by Gasteiger charge is -2.36. The van der Waals surface area contributed by atoms with Crippen LogP contribution in [-0.4, -0.2) is 26.8 Å². The van der Waals surface area contributed by atoms with Crippen molar-refractivity contribution < 1.29 is 24.1 Å². The highest BCUT2D eigenvalue weighted by molar-refractivity contribution is 5.99. The van der Waals surface area contributed by atoms with Crippen molar-refractivity contribution in [3.05, 3.63) is 150 Å². The van der Waals surface area contributed by atoms with Crippen molar-refractivity contribution in [3.63, 3.8) is 0 Å². The second kappa shape index (κ2) is 13.9. The van der Waals surface area contributed by atoms with E-state index >= 15 is 0 Å². The van der Waals surface area contributed by atoms with Crippen molar-refractivity contribution in [3.8, 4) is 11.5 Å². The molecule has 6 aromatic rings. The first-order valence-corrected chi connectivity index (χ1v) is 15.5. The maximum Gasteiger partial charge on any atom is 0.323 e. The number of para-hydroxylation sites is 3. The van der Waals surface area contributed by atoms with E-state index in [4.69, 9.17) is 14.2 Å². The number of aliphatic hydroxyl groups excluding tert-OH is 1. The van der Waals surface area contributed by atoms with E-state index in [2.05, 4.69) is 26.3 Å². The Morgan fingerprint density at radius 1 is 0.787 bits per heavy atom. The number of fused-ring (bicyclic) bond motifs is 1. The van der Waals surface area contributed by atoms with Crippen LogP contribution < -0.4 is 15.4 Å². The van der Waals surface area contributed by atoms with Crippen LogP contribution in [-0.2, 0) is 22.6 Å². The summed E-state index contributed by atoms with van der Waals surface area (Å²) in [6, 6.07) is 39.6. The van der Waals surface area contributed by atoms with Gasteiger partial charge in [0, 0.05) is 23.4 Å². The van der Waals surface area contributed by atoms with Gasteiger partial charge in [-0.2, -0.15) is 0 Å². The highest BCUT2D eigenvalue weighted by atomic mass is 16.7. The van der Waals surface area contributed by atoms with Gasteiger partial charge in [0.2, 0.25) is 0 Å². The molecule has 0 radical (unpaired) electrons. The van der Waals surface area contributed by atoms with Crippen molar-refractivity contribution in [2.75, 3.05) is 10.6 Å². The van der Waals surface area contributed by atoms with Crippen LogP contribution in [0.2, 0.25) is 0 Å². The van der Waals surface area contributed by atoms with Crippen LogP contribution in [0.3, 0.4) is 0 Å². The van der Waals surface area contributed by atoms with Crippen molar-refractivity contribution in [2.24, 2.45) is 0 Å². The molecule has 1 saturated heterocycles. The normalized spacial score (nSPS) is 17.7. The molecule has 5 aromatic carbocycles. The molecule has 0 saturated carbocycles. The molecule has 0 bridgehead atoms. The number of amides is 2. The Hall–Kier alpha value is -5.48. The van der Waals surface area contributed by atoms with Gasteiger partial charge in [-0.3, -0.25) is 0 Å². The first-order chi connectivity index (χ1) is 23.1. The Kier molecular flexibility index (Phi) is 8.92. The summed E-state index contributed by atoms with van der Waals surface area (Å²) in [4.78, 5) is 17.5. The molecule has 0 spiro atoms. The van der Waals surface area contributed by atoms with Gasteiger partial charge >= 0.3 is 6.03 Å². The third-order valence-corrected chi connectivity index (χ3v) is 8.05. The number of carbonyl (C=O) groups is 1. The van der Waals surface area contributed by atoms with Crippen molar-refractivity contribution >= 4 is 28.4 Å². The van der Waals surface area contributed by atoms with Gasteiger partial charge < -0.3 is 34.5 Å². The number of hydrogen-bond acceptors (Lipinski definition) is 6. The minimum Gasteiger partial charge on any atom is -0.457 e. The number of hydrogen-bond donors (Lipinski definition) is 3. The van der Waals surface area contributed by atoms with Gasteiger partial charge in [0.1, 0.15) is 11.5 Å². The molecule has 236 valence electrons. The van der Waals surface area contributed by atoms with Crippen LogP contribution in [0.4, 0.5) is 16.2 Å². The number of carbonyl (C=O) groups excluding carboxylic acids is 1. The van der Waals surface area contributed by atoms with E-state index in [1.54, 1.807) is 24.3 Å². The summed E-state index contributed by atoms with van der Waals surface area (Å²) in [5, 5.41) is 15.3. The van der Waals surface area contributed by atoms with E-state index in [1.807, 2.05) is 103 Å². The zero-order valence-corrected chi connectivity index (χ0v) is 25.5. The molecule has 0 unspecified atom stereocenters. The Morgan fingerprint density at radius 2 is 1.53 bits per heavy atom. The molecule has 9 nitrogen and oxygen atoms in total. The Balaban J connectivity index is 1.05. The van der Waals surface area contributed by atoms with Crippen LogP contribution in [0.25, 0.3) is 11.0 Å². The van der Waals surface area contributed by atoms with Crippen molar-refractivity contribution in [2.45, 2.75) is 38.1 Å². The second-order valence-electron chi connectivity index (χ2n) is 11.4. The monoisotopic (exact) mass is 626 g/mol. The molecule has 2 heterocycles. The summed E-state index contributed by atoms with van der Waals surface area (Å²) < 4.78 is 21.0. The largest absolute Gasteiger partial charge is 0.457 e. The van der Waals surface area contributed by atoms with Gasteiger partial charge in [-0.05, 0) is 71.8 Å². The predicted molar refractivity (Wildman–Crippen MR) is 180 cm³/mol. The summed E-state index contributed by atoms with van der Waals surface area (Å²) in [6.07, 6.45) is 1.39. The molecule has 9 heteroatoms. The van der Waals surface area contributed by atoms with E-state index in [9.17, 15) is 9.90 Å². The molecule has 7 rings (SSSR count). The third kappa shape index (κ3) is 7.34. The molecule has 3 atom stereocenters. The lowest BCUT2D eigenvalue weighted by Crippen LogP contribution is -2.32. The standard InChI is InChI=1S/C38H34N4O5/c43-24-26-13-15-27(16-14-26)36-22-33(23-42-25-39-34-11-4-5-12-35(34)42)46-37(47-36)28-7-6-8-30(21-28)41-38(44)40-29-17-19-32(20-18-29)45-31-9-2-1-3-10-31/h1-21,25,33,36-37,43H,22-24H2,(H2,40,41,44)/t33-,36+,37+/m0/s1. The molecular weight excluding hydrogens is 592 g/mol. The van der Waals surface area contributed by atoms with Crippen molar-refractivity contribution in [1.82, 2.24) is 9.55 Å². The SMILES string of the molecule is O=C(Nc1ccc(Oc2ccccc2)cc1)Nc1cccc([C@@H]2O[C@H](Cn3cnc4ccccc43)C[C@H](c3ccc(CO)cc3)O2)c1. The fourth-order valence-corrected chi connectivity index (χ4v) is 5.70. The number of rotatable bonds is 9. The highest BCUT2D eigenvalue weighted by Crippen LogP contribution is 2.39.